The number of halogens is 3. The standard InChI is InChI=1S/C14H16F3N5/c15-14(16,17)12-2-1-10(8-19-12)22-5-3-9(4-6-22)11-7-13(18)21-20-11/h1-2,7-9H,3-6H2,(H3,18,20,21). The van der Waals surface area contributed by atoms with Gasteiger partial charge in [-0.15, -0.1) is 0 Å². The van der Waals surface area contributed by atoms with Crippen molar-refractivity contribution in [1.82, 2.24) is 15.2 Å². The SMILES string of the molecule is Nc1cc(C2CCN(c3ccc(C(F)(F)F)nc3)CC2)n[nH]1. The van der Waals surface area contributed by atoms with Crippen LogP contribution < -0.4 is 10.6 Å². The fourth-order valence-electron chi connectivity index (χ4n) is 2.74. The van der Waals surface area contributed by atoms with E-state index in [1.54, 1.807) is 0 Å². The van der Waals surface area contributed by atoms with E-state index < -0.39 is 11.9 Å². The number of nitrogens with zero attached hydrogens (tertiary/aromatic N) is 3. The highest BCUT2D eigenvalue weighted by molar-refractivity contribution is 5.45. The van der Waals surface area contributed by atoms with Crippen LogP contribution in [0.25, 0.3) is 0 Å². The molecule has 0 saturated carbocycles. The van der Waals surface area contributed by atoms with Crippen LogP contribution in [0.1, 0.15) is 30.1 Å². The zero-order valence-corrected chi connectivity index (χ0v) is 11.8. The predicted molar refractivity (Wildman–Crippen MR) is 76.4 cm³/mol. The molecule has 3 N–H and O–H groups in total. The number of pyridine rings is 1. The summed E-state index contributed by atoms with van der Waals surface area (Å²) in [6, 6.07) is 4.33. The van der Waals surface area contributed by atoms with Crippen molar-refractivity contribution in [2.24, 2.45) is 0 Å². The van der Waals surface area contributed by atoms with Gasteiger partial charge in [0.15, 0.2) is 0 Å². The summed E-state index contributed by atoms with van der Waals surface area (Å²) in [6.07, 6.45) is -1.35. The molecule has 0 radical (unpaired) electrons. The number of hydrogen-bond donors (Lipinski definition) is 2. The summed E-state index contributed by atoms with van der Waals surface area (Å²) >= 11 is 0. The fourth-order valence-corrected chi connectivity index (χ4v) is 2.74. The Balaban J connectivity index is 1.64. The Morgan fingerprint density at radius 3 is 2.45 bits per heavy atom. The van der Waals surface area contributed by atoms with Gasteiger partial charge < -0.3 is 10.6 Å². The van der Waals surface area contributed by atoms with Crippen LogP contribution in [-0.2, 0) is 6.18 Å². The summed E-state index contributed by atoms with van der Waals surface area (Å²) in [5.41, 5.74) is 6.42. The number of piperidine rings is 1. The van der Waals surface area contributed by atoms with Gasteiger partial charge in [-0.05, 0) is 25.0 Å². The first-order valence-corrected chi connectivity index (χ1v) is 7.02. The first kappa shape index (κ1) is 14.7. The van der Waals surface area contributed by atoms with Crippen LogP contribution in [-0.4, -0.2) is 28.3 Å². The smallest absolute Gasteiger partial charge is 0.384 e. The number of aromatic amines is 1. The van der Waals surface area contributed by atoms with Gasteiger partial charge in [0.2, 0.25) is 0 Å². The minimum absolute atomic E-state index is 0.326. The number of nitrogens with two attached hydrogens (primary N) is 1. The topological polar surface area (TPSA) is 70.8 Å². The van der Waals surface area contributed by atoms with Gasteiger partial charge in [0, 0.05) is 25.1 Å². The van der Waals surface area contributed by atoms with Crippen molar-refractivity contribution in [3.8, 4) is 0 Å². The molecular formula is C14H16F3N5. The number of H-pyrrole nitrogens is 1. The van der Waals surface area contributed by atoms with E-state index in [0.29, 0.717) is 17.4 Å². The van der Waals surface area contributed by atoms with E-state index in [9.17, 15) is 13.2 Å². The Bertz CT molecular complexity index is 627. The van der Waals surface area contributed by atoms with Crippen LogP contribution in [0.15, 0.2) is 24.4 Å². The number of aromatic nitrogens is 3. The molecular weight excluding hydrogens is 295 g/mol. The molecule has 2 aromatic rings. The second-order valence-corrected chi connectivity index (χ2v) is 5.41. The lowest BCUT2D eigenvalue weighted by Crippen LogP contribution is -2.33. The largest absolute Gasteiger partial charge is 0.433 e. The van der Waals surface area contributed by atoms with E-state index in [-0.39, 0.29) is 0 Å². The number of nitrogen functional groups attached to an aromatic ring is 1. The van der Waals surface area contributed by atoms with E-state index in [1.165, 1.54) is 12.3 Å². The third kappa shape index (κ3) is 3.00. The molecule has 1 aliphatic rings. The van der Waals surface area contributed by atoms with Crippen molar-refractivity contribution in [3.63, 3.8) is 0 Å². The molecule has 0 spiro atoms. The van der Waals surface area contributed by atoms with Gasteiger partial charge >= 0.3 is 6.18 Å². The van der Waals surface area contributed by atoms with Crippen molar-refractivity contribution in [1.29, 1.82) is 0 Å². The fraction of sp³-hybridized carbons (Fsp3) is 0.429. The molecule has 2 aromatic heterocycles. The summed E-state index contributed by atoms with van der Waals surface area (Å²) in [5, 5.41) is 6.90. The maximum absolute atomic E-state index is 12.5. The molecule has 3 heterocycles. The summed E-state index contributed by atoms with van der Waals surface area (Å²) < 4.78 is 37.5. The number of alkyl halides is 3. The molecule has 0 bridgehead atoms. The summed E-state index contributed by atoms with van der Waals surface area (Å²) in [7, 11) is 0. The number of hydrogen-bond acceptors (Lipinski definition) is 4. The molecule has 118 valence electrons. The van der Waals surface area contributed by atoms with Gasteiger partial charge in [-0.3, -0.25) is 5.10 Å². The Kier molecular flexibility index (Phi) is 3.67. The zero-order valence-electron chi connectivity index (χ0n) is 11.8. The average molecular weight is 311 g/mol. The van der Waals surface area contributed by atoms with E-state index in [1.807, 2.05) is 11.0 Å². The van der Waals surface area contributed by atoms with Crippen molar-refractivity contribution in [2.45, 2.75) is 24.9 Å². The Labute approximate surface area is 125 Å². The lowest BCUT2D eigenvalue weighted by molar-refractivity contribution is -0.141. The summed E-state index contributed by atoms with van der Waals surface area (Å²) in [4.78, 5) is 5.55. The van der Waals surface area contributed by atoms with Crippen LogP contribution in [0.4, 0.5) is 24.7 Å². The van der Waals surface area contributed by atoms with Crippen molar-refractivity contribution in [2.75, 3.05) is 23.7 Å². The van der Waals surface area contributed by atoms with Crippen LogP contribution in [0.3, 0.4) is 0 Å². The molecule has 1 saturated heterocycles. The molecule has 3 rings (SSSR count). The van der Waals surface area contributed by atoms with Gasteiger partial charge in [0.05, 0.1) is 17.6 Å². The zero-order chi connectivity index (χ0) is 15.7. The van der Waals surface area contributed by atoms with Gasteiger partial charge in [-0.2, -0.15) is 18.3 Å². The number of anilines is 2. The normalized spacial score (nSPS) is 17.0. The molecule has 0 aliphatic carbocycles. The highest BCUT2D eigenvalue weighted by atomic mass is 19.4. The quantitative estimate of drug-likeness (QED) is 0.894. The van der Waals surface area contributed by atoms with E-state index in [0.717, 1.165) is 37.7 Å². The molecule has 0 amide bonds. The van der Waals surface area contributed by atoms with Crippen LogP contribution in [0.2, 0.25) is 0 Å². The van der Waals surface area contributed by atoms with Gasteiger partial charge in [-0.1, -0.05) is 0 Å². The van der Waals surface area contributed by atoms with Gasteiger partial charge in [-0.25, -0.2) is 4.98 Å². The van der Waals surface area contributed by atoms with Crippen molar-refractivity contribution in [3.05, 3.63) is 35.8 Å². The predicted octanol–water partition coefficient (Wildman–Crippen LogP) is 2.79. The molecule has 8 heteroatoms. The highest BCUT2D eigenvalue weighted by Crippen LogP contribution is 2.31. The average Bonchev–Trinajstić information content (AvgIpc) is 2.93. The first-order valence-electron chi connectivity index (χ1n) is 7.02. The third-order valence-corrected chi connectivity index (χ3v) is 3.93. The lowest BCUT2D eigenvalue weighted by atomic mass is 9.93. The molecule has 0 atom stereocenters. The lowest BCUT2D eigenvalue weighted by Gasteiger charge is -2.32. The monoisotopic (exact) mass is 311 g/mol. The molecule has 22 heavy (non-hydrogen) atoms. The number of rotatable bonds is 2. The second kappa shape index (κ2) is 5.51. The Morgan fingerprint density at radius 1 is 1.23 bits per heavy atom. The Hall–Kier alpha value is -2.25. The summed E-state index contributed by atoms with van der Waals surface area (Å²) in [6.45, 7) is 1.51. The van der Waals surface area contributed by atoms with Crippen LogP contribution in [0, 0.1) is 0 Å². The van der Waals surface area contributed by atoms with E-state index in [4.69, 9.17) is 5.73 Å². The van der Waals surface area contributed by atoms with Crippen molar-refractivity contribution >= 4 is 11.5 Å². The maximum Gasteiger partial charge on any atom is 0.433 e. The van der Waals surface area contributed by atoms with Gasteiger partial charge in [0.25, 0.3) is 0 Å². The maximum atomic E-state index is 12.5. The third-order valence-electron chi connectivity index (χ3n) is 3.93. The van der Waals surface area contributed by atoms with Gasteiger partial charge in [0.1, 0.15) is 11.5 Å². The van der Waals surface area contributed by atoms with Crippen molar-refractivity contribution < 1.29 is 13.2 Å². The second-order valence-electron chi connectivity index (χ2n) is 5.41. The molecule has 5 nitrogen and oxygen atoms in total. The molecule has 1 aliphatic heterocycles. The summed E-state index contributed by atoms with van der Waals surface area (Å²) in [5.74, 6) is 0.872. The molecule has 0 unspecified atom stereocenters. The van der Waals surface area contributed by atoms with Crippen LogP contribution in [0.5, 0.6) is 0 Å². The van der Waals surface area contributed by atoms with E-state index in [2.05, 4.69) is 15.2 Å². The number of nitrogens with one attached hydrogen (secondary N) is 1. The first-order chi connectivity index (χ1) is 10.4. The Morgan fingerprint density at radius 2 is 1.95 bits per heavy atom. The van der Waals surface area contributed by atoms with E-state index >= 15 is 0 Å². The minimum atomic E-state index is -4.40. The minimum Gasteiger partial charge on any atom is -0.384 e. The highest BCUT2D eigenvalue weighted by Gasteiger charge is 2.32. The molecule has 1 fully saturated rings. The molecule has 0 aromatic carbocycles. The van der Waals surface area contributed by atoms with Crippen LogP contribution >= 0.6 is 0 Å².